The van der Waals surface area contributed by atoms with Gasteiger partial charge in [0.05, 0.1) is 23.7 Å². The Labute approximate surface area is 161 Å². The third kappa shape index (κ3) is 3.28. The molecule has 0 aliphatic carbocycles. The SMILES string of the molecule is COC(=O)c1ccc2[nH]c(=O)c(N3CCN(c4ccccn4)C[C@@H]3C)nc2c1. The molecule has 0 radical (unpaired) electrons. The summed E-state index contributed by atoms with van der Waals surface area (Å²) < 4.78 is 4.77. The van der Waals surface area contributed by atoms with Crippen LogP contribution in [0.1, 0.15) is 17.3 Å². The fourth-order valence-corrected chi connectivity index (χ4v) is 3.53. The fourth-order valence-electron chi connectivity index (χ4n) is 3.53. The first kappa shape index (κ1) is 18.0. The summed E-state index contributed by atoms with van der Waals surface area (Å²) in [4.78, 5) is 40.5. The number of aromatic amines is 1. The second kappa shape index (κ2) is 7.30. The second-order valence-corrected chi connectivity index (χ2v) is 6.79. The van der Waals surface area contributed by atoms with Crippen LogP contribution >= 0.6 is 0 Å². The maximum absolute atomic E-state index is 12.6. The van der Waals surface area contributed by atoms with Crippen molar-refractivity contribution in [3.8, 4) is 0 Å². The standard InChI is InChI=1S/C20H21N5O3/c1-13-12-24(17-5-3-4-8-21-17)9-10-25(13)18-19(26)23-15-7-6-14(20(27)28-2)11-16(15)22-18/h3-8,11,13H,9-10,12H2,1-2H3,(H,23,26)/t13-/m0/s1. The number of ether oxygens (including phenoxy) is 1. The molecule has 4 rings (SSSR count). The van der Waals surface area contributed by atoms with Gasteiger partial charge in [0.2, 0.25) is 0 Å². The molecule has 1 saturated heterocycles. The molecule has 8 heteroatoms. The molecule has 1 fully saturated rings. The maximum Gasteiger partial charge on any atom is 0.337 e. The van der Waals surface area contributed by atoms with E-state index in [0.29, 0.717) is 29.0 Å². The predicted molar refractivity (Wildman–Crippen MR) is 107 cm³/mol. The second-order valence-electron chi connectivity index (χ2n) is 6.79. The molecule has 1 aliphatic heterocycles. The van der Waals surface area contributed by atoms with Gasteiger partial charge in [-0.15, -0.1) is 0 Å². The molecule has 1 aliphatic rings. The molecule has 144 valence electrons. The van der Waals surface area contributed by atoms with Crippen molar-refractivity contribution in [2.24, 2.45) is 0 Å². The van der Waals surface area contributed by atoms with Gasteiger partial charge in [-0.3, -0.25) is 4.79 Å². The molecule has 1 aromatic carbocycles. The number of hydrogen-bond acceptors (Lipinski definition) is 7. The van der Waals surface area contributed by atoms with E-state index in [0.717, 1.165) is 18.9 Å². The number of nitrogens with one attached hydrogen (secondary N) is 1. The van der Waals surface area contributed by atoms with Crippen LogP contribution in [0.25, 0.3) is 11.0 Å². The van der Waals surface area contributed by atoms with Crippen LogP contribution in [0.15, 0.2) is 47.4 Å². The number of H-pyrrole nitrogens is 1. The molecule has 3 aromatic rings. The summed E-state index contributed by atoms with van der Waals surface area (Å²) in [7, 11) is 1.33. The van der Waals surface area contributed by atoms with E-state index in [1.807, 2.05) is 23.1 Å². The van der Waals surface area contributed by atoms with Gasteiger partial charge < -0.3 is 19.5 Å². The first-order chi connectivity index (χ1) is 13.6. The minimum absolute atomic E-state index is 0.0746. The maximum atomic E-state index is 12.6. The van der Waals surface area contributed by atoms with Crippen molar-refractivity contribution >= 4 is 28.6 Å². The number of benzene rings is 1. The van der Waals surface area contributed by atoms with Gasteiger partial charge in [-0.2, -0.15) is 0 Å². The highest BCUT2D eigenvalue weighted by Crippen LogP contribution is 2.21. The number of carbonyl (C=O) groups excluding carboxylic acids is 1. The van der Waals surface area contributed by atoms with Crippen molar-refractivity contribution in [2.75, 3.05) is 36.5 Å². The van der Waals surface area contributed by atoms with Crippen LogP contribution in [-0.4, -0.2) is 53.7 Å². The zero-order valence-corrected chi connectivity index (χ0v) is 15.8. The number of hydrogen-bond donors (Lipinski definition) is 1. The van der Waals surface area contributed by atoms with Crippen LogP contribution < -0.4 is 15.4 Å². The molecular weight excluding hydrogens is 358 g/mol. The molecule has 0 spiro atoms. The van der Waals surface area contributed by atoms with Crippen LogP contribution in [-0.2, 0) is 4.74 Å². The Balaban J connectivity index is 1.64. The lowest BCUT2D eigenvalue weighted by molar-refractivity contribution is 0.0601. The molecule has 3 heterocycles. The zero-order valence-electron chi connectivity index (χ0n) is 15.8. The number of fused-ring (bicyclic) bond motifs is 1. The molecule has 1 N–H and O–H groups in total. The lowest BCUT2D eigenvalue weighted by atomic mass is 10.1. The number of methoxy groups -OCH3 is 1. The molecule has 0 saturated carbocycles. The number of aromatic nitrogens is 3. The minimum atomic E-state index is -0.436. The Bertz CT molecular complexity index is 1070. The number of carbonyl (C=O) groups is 1. The predicted octanol–water partition coefficient (Wildman–Crippen LogP) is 1.82. The highest BCUT2D eigenvalue weighted by molar-refractivity contribution is 5.93. The van der Waals surface area contributed by atoms with Gasteiger partial charge in [0.15, 0.2) is 5.82 Å². The van der Waals surface area contributed by atoms with Crippen molar-refractivity contribution in [3.63, 3.8) is 0 Å². The van der Waals surface area contributed by atoms with E-state index in [-0.39, 0.29) is 11.6 Å². The third-order valence-corrected chi connectivity index (χ3v) is 4.97. The summed E-state index contributed by atoms with van der Waals surface area (Å²) in [5.41, 5.74) is 1.29. The van der Waals surface area contributed by atoms with E-state index in [1.54, 1.807) is 24.4 Å². The van der Waals surface area contributed by atoms with Crippen molar-refractivity contribution in [1.29, 1.82) is 0 Å². The Kier molecular flexibility index (Phi) is 4.68. The van der Waals surface area contributed by atoms with Crippen LogP contribution in [0.5, 0.6) is 0 Å². The number of anilines is 2. The van der Waals surface area contributed by atoms with Crippen LogP contribution in [0.4, 0.5) is 11.6 Å². The highest BCUT2D eigenvalue weighted by Gasteiger charge is 2.27. The molecule has 28 heavy (non-hydrogen) atoms. The summed E-state index contributed by atoms with van der Waals surface area (Å²) in [5.74, 6) is 0.855. The normalized spacial score (nSPS) is 17.0. The van der Waals surface area contributed by atoms with Crippen molar-refractivity contribution in [2.45, 2.75) is 13.0 Å². The Morgan fingerprint density at radius 1 is 1.25 bits per heavy atom. The average Bonchev–Trinajstić information content (AvgIpc) is 2.73. The number of piperazine rings is 1. The third-order valence-electron chi connectivity index (χ3n) is 4.97. The van der Waals surface area contributed by atoms with Gasteiger partial charge >= 0.3 is 5.97 Å². The van der Waals surface area contributed by atoms with E-state index in [1.165, 1.54) is 7.11 Å². The number of esters is 1. The number of rotatable bonds is 3. The summed E-state index contributed by atoms with van der Waals surface area (Å²) in [6.07, 6.45) is 1.78. The van der Waals surface area contributed by atoms with Crippen LogP contribution in [0.3, 0.4) is 0 Å². The Morgan fingerprint density at radius 2 is 2.11 bits per heavy atom. The zero-order chi connectivity index (χ0) is 19.7. The van der Waals surface area contributed by atoms with Gasteiger partial charge in [-0.05, 0) is 37.3 Å². The molecule has 0 unspecified atom stereocenters. The first-order valence-electron chi connectivity index (χ1n) is 9.12. The quantitative estimate of drug-likeness (QED) is 0.694. The largest absolute Gasteiger partial charge is 0.465 e. The van der Waals surface area contributed by atoms with Gasteiger partial charge in [0, 0.05) is 31.9 Å². The lowest BCUT2D eigenvalue weighted by Crippen LogP contribution is -2.54. The van der Waals surface area contributed by atoms with E-state index >= 15 is 0 Å². The molecule has 8 nitrogen and oxygen atoms in total. The monoisotopic (exact) mass is 379 g/mol. The summed E-state index contributed by atoms with van der Waals surface area (Å²) in [6.45, 7) is 4.18. The van der Waals surface area contributed by atoms with Crippen molar-refractivity contribution < 1.29 is 9.53 Å². The van der Waals surface area contributed by atoms with Crippen LogP contribution in [0, 0.1) is 0 Å². The smallest absolute Gasteiger partial charge is 0.337 e. The van der Waals surface area contributed by atoms with Crippen LogP contribution in [0.2, 0.25) is 0 Å². The number of pyridine rings is 1. The average molecular weight is 379 g/mol. The molecule has 0 bridgehead atoms. The van der Waals surface area contributed by atoms with E-state index in [2.05, 4.69) is 26.8 Å². The topological polar surface area (TPSA) is 91.4 Å². The summed E-state index contributed by atoms with van der Waals surface area (Å²) >= 11 is 0. The highest BCUT2D eigenvalue weighted by atomic mass is 16.5. The number of nitrogens with zero attached hydrogens (tertiary/aromatic N) is 4. The lowest BCUT2D eigenvalue weighted by Gasteiger charge is -2.40. The van der Waals surface area contributed by atoms with Gasteiger partial charge in [-0.25, -0.2) is 14.8 Å². The summed E-state index contributed by atoms with van der Waals surface area (Å²) in [5, 5.41) is 0. The molecular formula is C20H21N5O3. The van der Waals surface area contributed by atoms with Gasteiger partial charge in [-0.1, -0.05) is 6.07 Å². The Hall–Kier alpha value is -3.42. The van der Waals surface area contributed by atoms with E-state index in [9.17, 15) is 9.59 Å². The molecule has 1 atom stereocenters. The fraction of sp³-hybridized carbons (Fsp3) is 0.300. The van der Waals surface area contributed by atoms with Gasteiger partial charge in [0.25, 0.3) is 5.56 Å². The minimum Gasteiger partial charge on any atom is -0.465 e. The van der Waals surface area contributed by atoms with Gasteiger partial charge in [0.1, 0.15) is 5.82 Å². The molecule has 0 amide bonds. The van der Waals surface area contributed by atoms with Crippen molar-refractivity contribution in [1.82, 2.24) is 15.0 Å². The summed E-state index contributed by atoms with van der Waals surface area (Å²) in [6, 6.07) is 10.8. The first-order valence-corrected chi connectivity index (χ1v) is 9.12. The Morgan fingerprint density at radius 3 is 2.82 bits per heavy atom. The van der Waals surface area contributed by atoms with Crippen molar-refractivity contribution in [3.05, 3.63) is 58.5 Å². The van der Waals surface area contributed by atoms with E-state index < -0.39 is 5.97 Å². The molecule has 2 aromatic heterocycles. The van der Waals surface area contributed by atoms with E-state index in [4.69, 9.17) is 4.74 Å².